The van der Waals surface area contributed by atoms with Crippen molar-refractivity contribution in [2.45, 2.75) is 45.1 Å². The number of hydrogen-bond donors (Lipinski definition) is 0. The summed E-state index contributed by atoms with van der Waals surface area (Å²) in [7, 11) is 0. The van der Waals surface area contributed by atoms with Crippen LogP contribution in [0.4, 0.5) is 4.79 Å². The van der Waals surface area contributed by atoms with Crippen LogP contribution in [0.2, 0.25) is 0 Å². The van der Waals surface area contributed by atoms with Gasteiger partial charge in [0.25, 0.3) is 0 Å². The highest BCUT2D eigenvalue weighted by atomic mass is 16.6. The lowest BCUT2D eigenvalue weighted by atomic mass is 9.92. The summed E-state index contributed by atoms with van der Waals surface area (Å²) in [6.07, 6.45) is 2.40. The summed E-state index contributed by atoms with van der Waals surface area (Å²) in [6, 6.07) is 8.29. The zero-order chi connectivity index (χ0) is 15.7. The van der Waals surface area contributed by atoms with Gasteiger partial charge in [-0.25, -0.2) is 4.79 Å². The van der Waals surface area contributed by atoms with Gasteiger partial charge in [-0.3, -0.25) is 0 Å². The first-order valence-electron chi connectivity index (χ1n) is 8.11. The Hall–Kier alpha value is -1.71. The van der Waals surface area contributed by atoms with Crippen molar-refractivity contribution in [3.05, 3.63) is 29.8 Å². The molecule has 0 N–H and O–H groups in total. The van der Waals surface area contributed by atoms with E-state index in [-0.39, 0.29) is 6.09 Å². The molecule has 3 rings (SSSR count). The SMILES string of the molecule is CC(C)(C)OC(=O)N1CC(c2ccc(OCC3CC3)cc2)C1. The van der Waals surface area contributed by atoms with Crippen LogP contribution in [-0.4, -0.2) is 36.3 Å². The first-order chi connectivity index (χ1) is 10.4. The van der Waals surface area contributed by atoms with E-state index in [4.69, 9.17) is 9.47 Å². The maximum Gasteiger partial charge on any atom is 0.410 e. The van der Waals surface area contributed by atoms with Crippen molar-refractivity contribution in [1.29, 1.82) is 0 Å². The van der Waals surface area contributed by atoms with Gasteiger partial charge >= 0.3 is 6.09 Å². The highest BCUT2D eigenvalue weighted by Gasteiger charge is 2.34. The standard InChI is InChI=1S/C18H25NO3/c1-18(2,3)22-17(20)19-10-15(11-19)14-6-8-16(9-7-14)21-12-13-4-5-13/h6-9,13,15H,4-5,10-12H2,1-3H3. The van der Waals surface area contributed by atoms with Crippen molar-refractivity contribution in [1.82, 2.24) is 4.90 Å². The monoisotopic (exact) mass is 303 g/mol. The summed E-state index contributed by atoms with van der Waals surface area (Å²) >= 11 is 0. The van der Waals surface area contributed by atoms with E-state index in [9.17, 15) is 4.79 Å². The largest absolute Gasteiger partial charge is 0.493 e. The molecule has 0 aromatic heterocycles. The van der Waals surface area contributed by atoms with Gasteiger partial charge in [-0.15, -0.1) is 0 Å². The zero-order valence-electron chi connectivity index (χ0n) is 13.7. The Morgan fingerprint density at radius 2 is 1.82 bits per heavy atom. The topological polar surface area (TPSA) is 38.8 Å². The third-order valence-electron chi connectivity index (χ3n) is 4.07. The Morgan fingerprint density at radius 3 is 2.36 bits per heavy atom. The Morgan fingerprint density at radius 1 is 1.18 bits per heavy atom. The quantitative estimate of drug-likeness (QED) is 0.849. The molecule has 2 aliphatic rings. The summed E-state index contributed by atoms with van der Waals surface area (Å²) in [6.45, 7) is 7.98. The molecular formula is C18H25NO3. The van der Waals surface area contributed by atoms with Crippen LogP contribution in [-0.2, 0) is 4.74 Å². The van der Waals surface area contributed by atoms with Crippen molar-refractivity contribution in [3.8, 4) is 5.75 Å². The lowest BCUT2D eigenvalue weighted by Crippen LogP contribution is -2.50. The summed E-state index contributed by atoms with van der Waals surface area (Å²) in [5, 5.41) is 0. The number of carbonyl (C=O) groups excluding carboxylic acids is 1. The third-order valence-corrected chi connectivity index (χ3v) is 4.07. The zero-order valence-corrected chi connectivity index (χ0v) is 13.7. The van der Waals surface area contributed by atoms with E-state index >= 15 is 0 Å². The van der Waals surface area contributed by atoms with E-state index in [1.54, 1.807) is 4.90 Å². The number of rotatable bonds is 4. The molecular weight excluding hydrogens is 278 g/mol. The van der Waals surface area contributed by atoms with E-state index in [0.717, 1.165) is 31.4 Å². The minimum Gasteiger partial charge on any atom is -0.493 e. The summed E-state index contributed by atoms with van der Waals surface area (Å²) in [4.78, 5) is 13.7. The van der Waals surface area contributed by atoms with E-state index in [0.29, 0.717) is 5.92 Å². The second-order valence-corrected chi connectivity index (χ2v) is 7.41. The van der Waals surface area contributed by atoms with E-state index in [1.807, 2.05) is 32.9 Å². The minimum absolute atomic E-state index is 0.215. The van der Waals surface area contributed by atoms with Crippen molar-refractivity contribution in [2.75, 3.05) is 19.7 Å². The average Bonchev–Trinajstić information content (AvgIpc) is 3.18. The molecule has 2 fully saturated rings. The predicted molar refractivity (Wildman–Crippen MR) is 85.2 cm³/mol. The highest BCUT2D eigenvalue weighted by molar-refractivity contribution is 5.69. The molecule has 1 aromatic carbocycles. The van der Waals surface area contributed by atoms with Crippen LogP contribution in [0.5, 0.6) is 5.75 Å². The van der Waals surface area contributed by atoms with Crippen LogP contribution in [0.1, 0.15) is 45.1 Å². The molecule has 0 spiro atoms. The Kier molecular flexibility index (Phi) is 4.02. The summed E-state index contributed by atoms with van der Waals surface area (Å²) in [5.41, 5.74) is 0.835. The molecule has 0 radical (unpaired) electrons. The van der Waals surface area contributed by atoms with Crippen molar-refractivity contribution >= 4 is 6.09 Å². The molecule has 22 heavy (non-hydrogen) atoms. The molecule has 1 aliphatic heterocycles. The third kappa shape index (κ3) is 3.93. The van der Waals surface area contributed by atoms with Crippen molar-refractivity contribution in [3.63, 3.8) is 0 Å². The van der Waals surface area contributed by atoms with Gasteiger partial charge in [-0.2, -0.15) is 0 Å². The molecule has 0 bridgehead atoms. The van der Waals surface area contributed by atoms with Crippen LogP contribution in [0.3, 0.4) is 0 Å². The first kappa shape index (κ1) is 15.2. The number of amides is 1. The number of benzene rings is 1. The smallest absolute Gasteiger partial charge is 0.410 e. The lowest BCUT2D eigenvalue weighted by molar-refractivity contribution is 0.00819. The normalized spacial score (nSPS) is 18.8. The van der Waals surface area contributed by atoms with Gasteiger partial charge in [0.15, 0.2) is 0 Å². The van der Waals surface area contributed by atoms with Gasteiger partial charge < -0.3 is 14.4 Å². The van der Waals surface area contributed by atoms with Crippen LogP contribution < -0.4 is 4.74 Å². The van der Waals surface area contributed by atoms with Gasteiger partial charge in [-0.05, 0) is 57.2 Å². The number of ether oxygens (including phenoxy) is 2. The molecule has 1 saturated heterocycles. The molecule has 4 heteroatoms. The maximum atomic E-state index is 11.9. The fraction of sp³-hybridized carbons (Fsp3) is 0.611. The molecule has 120 valence electrons. The Bertz CT molecular complexity index is 522. The average molecular weight is 303 g/mol. The number of nitrogens with zero attached hydrogens (tertiary/aromatic N) is 1. The van der Waals surface area contributed by atoms with Gasteiger partial charge in [0.1, 0.15) is 11.4 Å². The fourth-order valence-electron chi connectivity index (χ4n) is 2.50. The molecule has 0 atom stereocenters. The maximum absolute atomic E-state index is 11.9. The number of carbonyl (C=O) groups is 1. The molecule has 1 aromatic rings. The predicted octanol–water partition coefficient (Wildman–Crippen LogP) is 3.81. The van der Waals surface area contributed by atoms with Crippen molar-refractivity contribution < 1.29 is 14.3 Å². The fourth-order valence-corrected chi connectivity index (χ4v) is 2.50. The molecule has 1 saturated carbocycles. The lowest BCUT2D eigenvalue weighted by Gasteiger charge is -2.40. The Labute approximate surface area is 132 Å². The van der Waals surface area contributed by atoms with Crippen LogP contribution in [0.15, 0.2) is 24.3 Å². The van der Waals surface area contributed by atoms with Gasteiger partial charge in [0, 0.05) is 19.0 Å². The van der Waals surface area contributed by atoms with Crippen LogP contribution in [0.25, 0.3) is 0 Å². The van der Waals surface area contributed by atoms with Crippen LogP contribution in [0, 0.1) is 5.92 Å². The van der Waals surface area contributed by atoms with E-state index < -0.39 is 5.60 Å². The molecule has 1 aliphatic carbocycles. The highest BCUT2D eigenvalue weighted by Crippen LogP contribution is 2.31. The molecule has 0 unspecified atom stereocenters. The second-order valence-electron chi connectivity index (χ2n) is 7.41. The van der Waals surface area contributed by atoms with E-state index in [2.05, 4.69) is 12.1 Å². The molecule has 1 heterocycles. The summed E-state index contributed by atoms with van der Waals surface area (Å²) in [5.74, 6) is 2.12. The Balaban J connectivity index is 1.46. The minimum atomic E-state index is -0.428. The number of likely N-dealkylation sites (tertiary alicyclic amines) is 1. The second kappa shape index (κ2) is 5.82. The van der Waals surface area contributed by atoms with Crippen LogP contribution >= 0.6 is 0 Å². The van der Waals surface area contributed by atoms with Crippen molar-refractivity contribution in [2.24, 2.45) is 5.92 Å². The van der Waals surface area contributed by atoms with Gasteiger partial charge in [-0.1, -0.05) is 12.1 Å². The molecule has 1 amide bonds. The first-order valence-corrected chi connectivity index (χ1v) is 8.11. The van der Waals surface area contributed by atoms with E-state index in [1.165, 1.54) is 18.4 Å². The molecule has 4 nitrogen and oxygen atoms in total. The van der Waals surface area contributed by atoms with Gasteiger partial charge in [0.05, 0.1) is 6.61 Å². The van der Waals surface area contributed by atoms with Gasteiger partial charge in [0.2, 0.25) is 0 Å². The number of hydrogen-bond acceptors (Lipinski definition) is 3. The summed E-state index contributed by atoms with van der Waals surface area (Å²) < 4.78 is 11.1.